The molecule has 0 fully saturated rings. The fourth-order valence-electron chi connectivity index (χ4n) is 2.40. The van der Waals surface area contributed by atoms with E-state index in [4.69, 9.17) is 0 Å². The molecule has 1 N–H and O–H groups in total. The maximum Gasteiger partial charge on any atom is 0.253 e. The average molecular weight is 306 g/mol. The molecule has 0 spiro atoms. The van der Waals surface area contributed by atoms with Crippen LogP contribution in [0.5, 0.6) is 0 Å². The lowest BCUT2D eigenvalue weighted by Crippen LogP contribution is -2.01. The highest BCUT2D eigenvalue weighted by molar-refractivity contribution is 5.62. The van der Waals surface area contributed by atoms with Crippen molar-refractivity contribution in [2.24, 2.45) is 7.05 Å². The number of nitrogens with zero attached hydrogens (tertiary/aromatic N) is 7. The topological polar surface area (TPSA) is 85.8 Å². The summed E-state index contributed by atoms with van der Waals surface area (Å²) in [7, 11) is 1.90. The van der Waals surface area contributed by atoms with Crippen LogP contribution in [0.15, 0.2) is 49.2 Å². The number of rotatable bonds is 4. The Morgan fingerprint density at radius 3 is 2.83 bits per heavy atom. The van der Waals surface area contributed by atoms with Crippen LogP contribution < -0.4 is 5.32 Å². The third-order valence-corrected chi connectivity index (χ3v) is 3.41. The molecule has 0 radical (unpaired) electrons. The normalized spacial score (nSPS) is 11.0. The number of aryl methyl sites for hydroxylation is 1. The SMILES string of the molecule is Cn1cc(CNc2nc3ncccn3n2)c(-c2ccncc2)n1. The number of anilines is 1. The van der Waals surface area contributed by atoms with Crippen LogP contribution in [0.4, 0.5) is 5.95 Å². The highest BCUT2D eigenvalue weighted by atomic mass is 15.4. The smallest absolute Gasteiger partial charge is 0.253 e. The van der Waals surface area contributed by atoms with Crippen LogP contribution in [-0.2, 0) is 13.6 Å². The van der Waals surface area contributed by atoms with Gasteiger partial charge < -0.3 is 5.32 Å². The predicted molar refractivity (Wildman–Crippen MR) is 84.5 cm³/mol. The molecule has 0 aliphatic carbocycles. The molecular formula is C15H14N8. The molecule has 23 heavy (non-hydrogen) atoms. The van der Waals surface area contributed by atoms with Gasteiger partial charge in [-0.15, -0.1) is 5.10 Å². The fraction of sp³-hybridized carbons (Fsp3) is 0.133. The number of nitrogens with one attached hydrogen (secondary N) is 1. The summed E-state index contributed by atoms with van der Waals surface area (Å²) < 4.78 is 3.43. The van der Waals surface area contributed by atoms with E-state index in [1.165, 1.54) is 0 Å². The monoisotopic (exact) mass is 306 g/mol. The molecule has 0 aromatic carbocycles. The highest BCUT2D eigenvalue weighted by Gasteiger charge is 2.11. The Morgan fingerprint density at radius 2 is 2.00 bits per heavy atom. The van der Waals surface area contributed by atoms with E-state index in [2.05, 4.69) is 30.5 Å². The molecule has 8 heteroatoms. The Balaban J connectivity index is 1.59. The first-order chi connectivity index (χ1) is 11.3. The third kappa shape index (κ3) is 2.61. The lowest BCUT2D eigenvalue weighted by Gasteiger charge is -2.02. The van der Waals surface area contributed by atoms with E-state index in [1.54, 1.807) is 27.8 Å². The van der Waals surface area contributed by atoms with Crippen molar-refractivity contribution in [3.05, 3.63) is 54.7 Å². The van der Waals surface area contributed by atoms with Gasteiger partial charge in [0, 0.05) is 55.7 Å². The first-order valence-corrected chi connectivity index (χ1v) is 7.14. The zero-order valence-electron chi connectivity index (χ0n) is 12.5. The summed E-state index contributed by atoms with van der Waals surface area (Å²) in [5, 5.41) is 12.1. The number of aromatic nitrogens is 7. The van der Waals surface area contributed by atoms with Crippen LogP contribution in [0.2, 0.25) is 0 Å². The van der Waals surface area contributed by atoms with Gasteiger partial charge in [0.2, 0.25) is 5.95 Å². The van der Waals surface area contributed by atoms with Gasteiger partial charge >= 0.3 is 0 Å². The molecule has 0 saturated heterocycles. The Kier molecular flexibility index (Phi) is 3.19. The van der Waals surface area contributed by atoms with Crippen LogP contribution in [0.3, 0.4) is 0 Å². The van der Waals surface area contributed by atoms with Gasteiger partial charge in [-0.25, -0.2) is 9.50 Å². The van der Waals surface area contributed by atoms with E-state index in [1.807, 2.05) is 37.6 Å². The average Bonchev–Trinajstić information content (AvgIpc) is 3.16. The summed E-state index contributed by atoms with van der Waals surface area (Å²) in [5.41, 5.74) is 3.01. The van der Waals surface area contributed by atoms with Gasteiger partial charge in [-0.3, -0.25) is 9.67 Å². The maximum atomic E-state index is 4.53. The standard InChI is InChI=1S/C15H14N8/c1-22-10-12(13(20-22)11-3-6-16-7-4-11)9-18-14-19-15-17-5-2-8-23(15)21-14/h2-8,10H,9H2,1H3,(H,18,21). The van der Waals surface area contributed by atoms with Crippen molar-refractivity contribution >= 4 is 11.7 Å². The van der Waals surface area contributed by atoms with Gasteiger partial charge in [-0.1, -0.05) is 0 Å². The van der Waals surface area contributed by atoms with E-state index in [-0.39, 0.29) is 0 Å². The van der Waals surface area contributed by atoms with Crippen molar-refractivity contribution in [1.29, 1.82) is 0 Å². The van der Waals surface area contributed by atoms with Gasteiger partial charge in [-0.05, 0) is 18.2 Å². The Hall–Kier alpha value is -3.29. The van der Waals surface area contributed by atoms with E-state index in [0.29, 0.717) is 18.3 Å². The quantitative estimate of drug-likeness (QED) is 0.615. The van der Waals surface area contributed by atoms with Crippen molar-refractivity contribution < 1.29 is 0 Å². The minimum atomic E-state index is 0.535. The molecule has 4 aromatic heterocycles. The van der Waals surface area contributed by atoms with Gasteiger partial charge in [0.25, 0.3) is 5.78 Å². The van der Waals surface area contributed by atoms with Crippen molar-refractivity contribution in [2.75, 3.05) is 5.32 Å². The maximum absolute atomic E-state index is 4.53. The van der Waals surface area contributed by atoms with Crippen LogP contribution >= 0.6 is 0 Å². The molecule has 0 amide bonds. The molecule has 4 aromatic rings. The van der Waals surface area contributed by atoms with E-state index in [0.717, 1.165) is 16.8 Å². The minimum absolute atomic E-state index is 0.535. The lowest BCUT2D eigenvalue weighted by atomic mass is 10.1. The van der Waals surface area contributed by atoms with Crippen LogP contribution in [0.1, 0.15) is 5.56 Å². The molecule has 0 atom stereocenters. The Labute approximate surface area is 131 Å². The zero-order chi connectivity index (χ0) is 15.6. The molecule has 0 unspecified atom stereocenters. The first-order valence-electron chi connectivity index (χ1n) is 7.14. The summed E-state index contributed by atoms with van der Waals surface area (Å²) in [6, 6.07) is 5.70. The zero-order valence-corrected chi connectivity index (χ0v) is 12.5. The molecule has 8 nitrogen and oxygen atoms in total. The summed E-state index contributed by atoms with van der Waals surface area (Å²) in [6.07, 6.45) is 9.01. The second-order valence-electron chi connectivity index (χ2n) is 5.07. The summed E-state index contributed by atoms with van der Waals surface area (Å²) in [6.45, 7) is 0.572. The summed E-state index contributed by atoms with van der Waals surface area (Å²) in [5.74, 6) is 1.10. The second-order valence-corrected chi connectivity index (χ2v) is 5.07. The second kappa shape index (κ2) is 5.48. The molecule has 0 saturated carbocycles. The van der Waals surface area contributed by atoms with Crippen molar-refractivity contribution in [1.82, 2.24) is 34.3 Å². The van der Waals surface area contributed by atoms with Crippen molar-refractivity contribution in [3.63, 3.8) is 0 Å². The van der Waals surface area contributed by atoms with E-state index < -0.39 is 0 Å². The predicted octanol–water partition coefficient (Wildman–Crippen LogP) is 1.53. The summed E-state index contributed by atoms with van der Waals surface area (Å²) >= 11 is 0. The van der Waals surface area contributed by atoms with Gasteiger partial charge in [0.15, 0.2) is 0 Å². The Morgan fingerprint density at radius 1 is 1.13 bits per heavy atom. The molecule has 0 aliphatic rings. The van der Waals surface area contributed by atoms with Crippen LogP contribution in [-0.4, -0.2) is 34.3 Å². The number of fused-ring (bicyclic) bond motifs is 1. The van der Waals surface area contributed by atoms with Crippen molar-refractivity contribution in [3.8, 4) is 11.3 Å². The van der Waals surface area contributed by atoms with Crippen molar-refractivity contribution in [2.45, 2.75) is 6.54 Å². The minimum Gasteiger partial charge on any atom is -0.349 e. The van der Waals surface area contributed by atoms with Gasteiger partial charge in [0.05, 0.1) is 5.69 Å². The molecule has 114 valence electrons. The highest BCUT2D eigenvalue weighted by Crippen LogP contribution is 2.21. The fourth-order valence-corrected chi connectivity index (χ4v) is 2.40. The molecule has 0 bridgehead atoms. The van der Waals surface area contributed by atoms with E-state index in [9.17, 15) is 0 Å². The van der Waals surface area contributed by atoms with Gasteiger partial charge in [-0.2, -0.15) is 10.1 Å². The van der Waals surface area contributed by atoms with Crippen LogP contribution in [0, 0.1) is 0 Å². The number of pyridine rings is 1. The van der Waals surface area contributed by atoms with Gasteiger partial charge in [0.1, 0.15) is 0 Å². The first kappa shape index (κ1) is 13.4. The lowest BCUT2D eigenvalue weighted by molar-refractivity contribution is 0.770. The Bertz CT molecular complexity index is 907. The third-order valence-electron chi connectivity index (χ3n) is 3.41. The largest absolute Gasteiger partial charge is 0.349 e. The molecule has 4 rings (SSSR count). The number of hydrogen-bond acceptors (Lipinski definition) is 6. The van der Waals surface area contributed by atoms with E-state index >= 15 is 0 Å². The number of hydrogen-bond donors (Lipinski definition) is 1. The summed E-state index contributed by atoms with van der Waals surface area (Å²) in [4.78, 5) is 12.5. The van der Waals surface area contributed by atoms with Crippen LogP contribution in [0.25, 0.3) is 17.0 Å². The molecule has 4 heterocycles. The molecule has 0 aliphatic heterocycles. The molecular weight excluding hydrogens is 292 g/mol.